The first-order valence-corrected chi connectivity index (χ1v) is 13.2. The first-order chi connectivity index (χ1) is 15.2. The molecule has 0 amide bonds. The van der Waals surface area contributed by atoms with Gasteiger partial charge in [0, 0.05) is 18.3 Å². The summed E-state index contributed by atoms with van der Waals surface area (Å²) in [5.74, 6) is 2.86. The third kappa shape index (κ3) is 8.50. The molecule has 2 aliphatic rings. The fraction of sp³-hybridized carbons (Fsp3) is 0.700. The lowest BCUT2D eigenvalue weighted by molar-refractivity contribution is 0.299. The highest BCUT2D eigenvalue weighted by atomic mass is 14.8. The standard InChI is InChI=1S/C30H50N2/c1-21(2)20-32-17-16-23(5)18-28(22(3)4)30(25(7)31-8)29(27-14-15-27)19-24(6)26-12-10-9-11-13-26/h19,21,24,26-27,32H,3,5,9-18,20H2,1-2,4,6-8H3/b29-19-,30-28+,31-25-. The van der Waals surface area contributed by atoms with Gasteiger partial charge >= 0.3 is 0 Å². The predicted molar refractivity (Wildman–Crippen MR) is 144 cm³/mol. The van der Waals surface area contributed by atoms with Gasteiger partial charge in [-0.3, -0.25) is 4.99 Å². The molecule has 2 aliphatic carbocycles. The molecule has 0 aromatic heterocycles. The highest BCUT2D eigenvalue weighted by Crippen LogP contribution is 2.44. The molecule has 2 rings (SSSR count). The van der Waals surface area contributed by atoms with Gasteiger partial charge in [-0.15, -0.1) is 0 Å². The van der Waals surface area contributed by atoms with Crippen LogP contribution in [-0.2, 0) is 0 Å². The first kappa shape index (κ1) is 26.8. The highest BCUT2D eigenvalue weighted by molar-refractivity contribution is 6.03. The first-order valence-electron chi connectivity index (χ1n) is 13.2. The topological polar surface area (TPSA) is 24.4 Å². The molecule has 0 saturated heterocycles. The summed E-state index contributed by atoms with van der Waals surface area (Å²) in [6, 6.07) is 0. The molecule has 0 aromatic rings. The second-order valence-electron chi connectivity index (χ2n) is 10.9. The Balaban J connectivity index is 2.31. The maximum absolute atomic E-state index is 4.68. The fourth-order valence-corrected chi connectivity index (χ4v) is 5.06. The maximum Gasteiger partial charge on any atom is 0.0391 e. The number of allylic oxidation sites excluding steroid dienone is 5. The van der Waals surface area contributed by atoms with Crippen LogP contribution in [0.2, 0.25) is 0 Å². The van der Waals surface area contributed by atoms with Crippen molar-refractivity contribution < 1.29 is 0 Å². The van der Waals surface area contributed by atoms with E-state index in [1.165, 1.54) is 61.7 Å². The molecule has 0 bridgehead atoms. The lowest BCUT2D eigenvalue weighted by Crippen LogP contribution is -2.21. The third-order valence-electron chi connectivity index (χ3n) is 7.29. The Morgan fingerprint density at radius 1 is 1.03 bits per heavy atom. The molecular formula is C30H50N2. The Bertz CT molecular complexity index is 724. The van der Waals surface area contributed by atoms with E-state index in [1.807, 2.05) is 7.05 Å². The second kappa shape index (κ2) is 13.3. The summed E-state index contributed by atoms with van der Waals surface area (Å²) in [7, 11) is 1.94. The molecule has 1 atom stereocenters. The molecule has 0 aliphatic heterocycles. The van der Waals surface area contributed by atoms with Gasteiger partial charge in [0.25, 0.3) is 0 Å². The van der Waals surface area contributed by atoms with Crippen LogP contribution in [0.4, 0.5) is 0 Å². The largest absolute Gasteiger partial charge is 0.316 e. The Labute approximate surface area is 199 Å². The van der Waals surface area contributed by atoms with E-state index < -0.39 is 0 Å². The van der Waals surface area contributed by atoms with Crippen LogP contribution in [0.25, 0.3) is 0 Å². The fourth-order valence-electron chi connectivity index (χ4n) is 5.06. The van der Waals surface area contributed by atoms with Crippen LogP contribution >= 0.6 is 0 Å². The van der Waals surface area contributed by atoms with Gasteiger partial charge in [0.1, 0.15) is 0 Å². The maximum atomic E-state index is 4.68. The van der Waals surface area contributed by atoms with Gasteiger partial charge in [0.15, 0.2) is 0 Å². The van der Waals surface area contributed by atoms with Crippen molar-refractivity contribution in [1.29, 1.82) is 0 Å². The van der Waals surface area contributed by atoms with E-state index in [1.54, 1.807) is 5.57 Å². The summed E-state index contributed by atoms with van der Waals surface area (Å²) >= 11 is 0. The average Bonchev–Trinajstić information content (AvgIpc) is 3.60. The Hall–Kier alpha value is -1.41. The predicted octanol–water partition coefficient (Wildman–Crippen LogP) is 8.08. The zero-order valence-corrected chi connectivity index (χ0v) is 22.0. The summed E-state index contributed by atoms with van der Waals surface area (Å²) in [5, 5.41) is 3.56. The van der Waals surface area contributed by atoms with E-state index >= 15 is 0 Å². The smallest absolute Gasteiger partial charge is 0.0391 e. The van der Waals surface area contributed by atoms with Crippen molar-refractivity contribution >= 4 is 5.71 Å². The van der Waals surface area contributed by atoms with Crippen LogP contribution in [0.15, 0.2) is 52.1 Å². The minimum atomic E-state index is 0.639. The number of hydrogen-bond acceptors (Lipinski definition) is 2. The van der Waals surface area contributed by atoms with E-state index in [0.717, 1.165) is 43.1 Å². The van der Waals surface area contributed by atoms with E-state index in [4.69, 9.17) is 0 Å². The van der Waals surface area contributed by atoms with E-state index in [0.29, 0.717) is 17.8 Å². The van der Waals surface area contributed by atoms with E-state index in [2.05, 4.69) is 64.2 Å². The van der Waals surface area contributed by atoms with E-state index in [9.17, 15) is 0 Å². The van der Waals surface area contributed by atoms with Crippen molar-refractivity contribution in [1.82, 2.24) is 5.32 Å². The lowest BCUT2D eigenvalue weighted by Gasteiger charge is -2.27. The molecule has 2 nitrogen and oxygen atoms in total. The van der Waals surface area contributed by atoms with Crippen LogP contribution in [0.3, 0.4) is 0 Å². The molecule has 0 aromatic carbocycles. The van der Waals surface area contributed by atoms with Crippen LogP contribution in [0, 0.1) is 23.7 Å². The molecule has 2 fully saturated rings. The number of hydrogen-bond donors (Lipinski definition) is 1. The minimum absolute atomic E-state index is 0.639. The Morgan fingerprint density at radius 2 is 1.69 bits per heavy atom. The number of nitrogens with zero attached hydrogens (tertiary/aromatic N) is 1. The number of nitrogens with one attached hydrogen (secondary N) is 1. The van der Waals surface area contributed by atoms with Gasteiger partial charge in [-0.1, -0.05) is 70.4 Å². The molecule has 0 heterocycles. The molecule has 2 saturated carbocycles. The van der Waals surface area contributed by atoms with Crippen LogP contribution in [0.5, 0.6) is 0 Å². The zero-order valence-electron chi connectivity index (χ0n) is 22.0. The molecule has 0 radical (unpaired) electrons. The van der Waals surface area contributed by atoms with Crippen molar-refractivity contribution in [2.75, 3.05) is 20.1 Å². The van der Waals surface area contributed by atoms with Gasteiger partial charge in [-0.05, 0) is 100 Å². The SMILES string of the molecule is C=C(CCNCC(C)C)C/C(C(=C)C)=C(C(=C/C(C)C1CCCCC1)\C1CC1)/C(C)=N\C. The van der Waals surface area contributed by atoms with Crippen molar-refractivity contribution in [3.8, 4) is 0 Å². The zero-order chi connectivity index (χ0) is 23.7. The van der Waals surface area contributed by atoms with Crippen molar-refractivity contribution in [3.05, 3.63) is 47.1 Å². The third-order valence-corrected chi connectivity index (χ3v) is 7.29. The molecular weight excluding hydrogens is 388 g/mol. The Morgan fingerprint density at radius 3 is 2.22 bits per heavy atom. The molecule has 32 heavy (non-hydrogen) atoms. The van der Waals surface area contributed by atoms with Crippen LogP contribution in [0.1, 0.15) is 92.4 Å². The van der Waals surface area contributed by atoms with Crippen LogP contribution < -0.4 is 5.32 Å². The average molecular weight is 439 g/mol. The second-order valence-corrected chi connectivity index (χ2v) is 10.9. The molecule has 2 heteroatoms. The van der Waals surface area contributed by atoms with Crippen molar-refractivity contribution in [2.24, 2.45) is 28.7 Å². The Kier molecular flexibility index (Phi) is 11.2. The summed E-state index contributed by atoms with van der Waals surface area (Å²) < 4.78 is 0. The van der Waals surface area contributed by atoms with Gasteiger partial charge in [0.05, 0.1) is 0 Å². The normalized spacial score (nSPS) is 20.3. The van der Waals surface area contributed by atoms with Gasteiger partial charge in [0.2, 0.25) is 0 Å². The summed E-state index contributed by atoms with van der Waals surface area (Å²) in [6.45, 7) is 22.2. The minimum Gasteiger partial charge on any atom is -0.316 e. The van der Waals surface area contributed by atoms with Crippen LogP contribution in [-0.4, -0.2) is 25.8 Å². The molecule has 1 N–H and O–H groups in total. The molecule has 180 valence electrons. The van der Waals surface area contributed by atoms with Gasteiger partial charge in [-0.2, -0.15) is 0 Å². The van der Waals surface area contributed by atoms with Gasteiger partial charge < -0.3 is 5.32 Å². The lowest BCUT2D eigenvalue weighted by atomic mass is 9.78. The van der Waals surface area contributed by atoms with Crippen molar-refractivity contribution in [2.45, 2.75) is 92.4 Å². The number of aliphatic imine (C=N–C) groups is 1. The summed E-state index contributed by atoms with van der Waals surface area (Å²) in [5.41, 5.74) is 7.89. The van der Waals surface area contributed by atoms with Crippen molar-refractivity contribution in [3.63, 3.8) is 0 Å². The molecule has 0 spiro atoms. The molecule has 1 unspecified atom stereocenters. The summed E-state index contributed by atoms with van der Waals surface area (Å²) in [6.07, 6.45) is 14.2. The summed E-state index contributed by atoms with van der Waals surface area (Å²) in [4.78, 5) is 4.68. The van der Waals surface area contributed by atoms with E-state index in [-0.39, 0.29) is 0 Å². The van der Waals surface area contributed by atoms with Gasteiger partial charge in [-0.25, -0.2) is 0 Å². The number of rotatable bonds is 13. The highest BCUT2D eigenvalue weighted by Gasteiger charge is 2.32. The monoisotopic (exact) mass is 438 g/mol. The quantitative estimate of drug-likeness (QED) is 0.134.